The molecule has 5 nitrogen and oxygen atoms in total. The fraction of sp³-hybridized carbons (Fsp3) is 0.462. The number of hydrogen-bond donors (Lipinski definition) is 0. The summed E-state index contributed by atoms with van der Waals surface area (Å²) in [7, 11) is 0. The van der Waals surface area contributed by atoms with Crippen molar-refractivity contribution in [3.63, 3.8) is 0 Å². The molecule has 0 radical (unpaired) electrons. The first kappa shape index (κ1) is 13.8. The molecule has 19 heavy (non-hydrogen) atoms. The molecule has 0 saturated carbocycles. The molecule has 0 spiro atoms. The molecule has 2 rings (SSSR count). The van der Waals surface area contributed by atoms with E-state index in [1.54, 1.807) is 12.3 Å². The molecular weight excluding hydrogens is 266 g/mol. The minimum atomic E-state index is -0.481. The van der Waals surface area contributed by atoms with Crippen LogP contribution in [0.1, 0.15) is 31.2 Å². The van der Waals surface area contributed by atoms with E-state index >= 15 is 0 Å². The van der Waals surface area contributed by atoms with Gasteiger partial charge in [0.1, 0.15) is 5.02 Å². The average molecular weight is 282 g/mol. The maximum atomic E-state index is 10.8. The van der Waals surface area contributed by atoms with Gasteiger partial charge in [-0.05, 0) is 18.9 Å². The summed E-state index contributed by atoms with van der Waals surface area (Å²) in [6.07, 6.45) is 6.46. The van der Waals surface area contributed by atoms with Crippen LogP contribution in [0, 0.1) is 10.1 Å². The Morgan fingerprint density at radius 2 is 1.95 bits per heavy atom. The monoisotopic (exact) mass is 281 g/mol. The standard InChI is InChI=1S/C13H16ClN3O2/c14-12-6-5-11(9-13(12)17(18)19)10-15-16-7-3-1-2-4-8-16/h5-6,9-10H,1-4,7-8H2/b15-10-. The quantitative estimate of drug-likeness (QED) is 0.484. The summed E-state index contributed by atoms with van der Waals surface area (Å²) in [6, 6.07) is 4.71. The number of hydrazone groups is 1. The maximum absolute atomic E-state index is 10.8. The molecule has 0 unspecified atom stereocenters. The van der Waals surface area contributed by atoms with Crippen molar-refractivity contribution in [2.75, 3.05) is 13.1 Å². The Balaban J connectivity index is 2.09. The second-order valence-electron chi connectivity index (χ2n) is 4.58. The minimum Gasteiger partial charge on any atom is -0.297 e. The van der Waals surface area contributed by atoms with E-state index in [0.29, 0.717) is 5.56 Å². The summed E-state index contributed by atoms with van der Waals surface area (Å²) in [6.45, 7) is 1.90. The Kier molecular flexibility index (Phi) is 4.74. The normalized spacial score (nSPS) is 16.6. The number of nitrogens with zero attached hydrogens (tertiary/aromatic N) is 3. The summed E-state index contributed by atoms with van der Waals surface area (Å²) in [5, 5.41) is 17.3. The van der Waals surface area contributed by atoms with Crippen LogP contribution in [-0.4, -0.2) is 29.2 Å². The lowest BCUT2D eigenvalue weighted by Gasteiger charge is -2.15. The van der Waals surface area contributed by atoms with E-state index in [2.05, 4.69) is 5.10 Å². The van der Waals surface area contributed by atoms with Gasteiger partial charge in [0.2, 0.25) is 0 Å². The van der Waals surface area contributed by atoms with Gasteiger partial charge in [-0.15, -0.1) is 0 Å². The number of benzene rings is 1. The van der Waals surface area contributed by atoms with Gasteiger partial charge >= 0.3 is 0 Å². The molecule has 1 aliphatic heterocycles. The first-order valence-corrected chi connectivity index (χ1v) is 6.77. The van der Waals surface area contributed by atoms with E-state index in [1.807, 2.05) is 5.01 Å². The lowest BCUT2D eigenvalue weighted by Crippen LogP contribution is -2.18. The van der Waals surface area contributed by atoms with E-state index in [-0.39, 0.29) is 10.7 Å². The topological polar surface area (TPSA) is 58.7 Å². The van der Waals surface area contributed by atoms with Gasteiger partial charge in [0.05, 0.1) is 11.1 Å². The van der Waals surface area contributed by atoms with Crippen LogP contribution in [0.3, 0.4) is 0 Å². The maximum Gasteiger partial charge on any atom is 0.288 e. The Hall–Kier alpha value is -1.62. The number of nitro benzene ring substituents is 1. The van der Waals surface area contributed by atoms with Crippen LogP contribution in [0.2, 0.25) is 5.02 Å². The Bertz CT molecular complexity index is 483. The van der Waals surface area contributed by atoms with Crippen molar-refractivity contribution >= 4 is 23.5 Å². The lowest BCUT2D eigenvalue weighted by molar-refractivity contribution is -0.384. The molecule has 0 atom stereocenters. The summed E-state index contributed by atoms with van der Waals surface area (Å²) < 4.78 is 0. The third-order valence-corrected chi connectivity index (χ3v) is 3.44. The highest BCUT2D eigenvalue weighted by Gasteiger charge is 2.12. The van der Waals surface area contributed by atoms with Crippen molar-refractivity contribution in [3.8, 4) is 0 Å². The first-order valence-electron chi connectivity index (χ1n) is 6.40. The van der Waals surface area contributed by atoms with Crippen LogP contribution < -0.4 is 0 Å². The smallest absolute Gasteiger partial charge is 0.288 e. The van der Waals surface area contributed by atoms with Crippen molar-refractivity contribution in [1.29, 1.82) is 0 Å². The van der Waals surface area contributed by atoms with Gasteiger partial charge in [-0.1, -0.05) is 30.5 Å². The summed E-state index contributed by atoms with van der Waals surface area (Å²) in [4.78, 5) is 10.3. The molecule has 0 aromatic heterocycles. The number of halogens is 1. The van der Waals surface area contributed by atoms with E-state index in [9.17, 15) is 10.1 Å². The third kappa shape index (κ3) is 3.92. The van der Waals surface area contributed by atoms with Gasteiger partial charge in [0.25, 0.3) is 5.69 Å². The van der Waals surface area contributed by atoms with Gasteiger partial charge in [-0.3, -0.25) is 15.1 Å². The lowest BCUT2D eigenvalue weighted by atomic mass is 10.2. The predicted molar refractivity (Wildman–Crippen MR) is 75.7 cm³/mol. The second kappa shape index (κ2) is 6.52. The zero-order valence-electron chi connectivity index (χ0n) is 10.6. The van der Waals surface area contributed by atoms with Gasteiger partial charge in [0, 0.05) is 24.7 Å². The van der Waals surface area contributed by atoms with Crippen LogP contribution in [0.15, 0.2) is 23.3 Å². The molecule has 0 amide bonds. The van der Waals surface area contributed by atoms with E-state index < -0.39 is 4.92 Å². The number of nitro groups is 1. The number of hydrogen-bond acceptors (Lipinski definition) is 4. The molecule has 0 N–H and O–H groups in total. The molecule has 1 heterocycles. The summed E-state index contributed by atoms with van der Waals surface area (Å²) >= 11 is 5.77. The van der Waals surface area contributed by atoms with Crippen LogP contribution in [0.4, 0.5) is 5.69 Å². The zero-order chi connectivity index (χ0) is 13.7. The van der Waals surface area contributed by atoms with Crippen LogP contribution >= 0.6 is 11.6 Å². The largest absolute Gasteiger partial charge is 0.297 e. The van der Waals surface area contributed by atoms with Crippen molar-refractivity contribution in [2.45, 2.75) is 25.7 Å². The molecule has 1 aromatic rings. The second-order valence-corrected chi connectivity index (χ2v) is 4.99. The van der Waals surface area contributed by atoms with Crippen molar-refractivity contribution in [1.82, 2.24) is 5.01 Å². The van der Waals surface area contributed by atoms with Crippen molar-refractivity contribution in [3.05, 3.63) is 38.9 Å². The minimum absolute atomic E-state index is 0.0820. The molecule has 1 aromatic carbocycles. The zero-order valence-corrected chi connectivity index (χ0v) is 11.3. The molecule has 1 fully saturated rings. The predicted octanol–water partition coefficient (Wildman–Crippen LogP) is 3.46. The molecule has 0 aliphatic carbocycles. The first-order chi connectivity index (χ1) is 9.16. The third-order valence-electron chi connectivity index (χ3n) is 3.12. The Morgan fingerprint density at radius 1 is 1.26 bits per heavy atom. The average Bonchev–Trinajstić information content (AvgIpc) is 2.66. The molecule has 1 aliphatic rings. The highest BCUT2D eigenvalue weighted by atomic mass is 35.5. The molecule has 1 saturated heterocycles. The SMILES string of the molecule is O=[N+]([O-])c1cc(/C=N\N2CCCCCC2)ccc1Cl. The summed E-state index contributed by atoms with van der Waals surface area (Å²) in [5.41, 5.74) is 0.613. The van der Waals surface area contributed by atoms with Crippen LogP contribution in [0.25, 0.3) is 0 Å². The molecule has 6 heteroatoms. The summed E-state index contributed by atoms with van der Waals surface area (Å²) in [5.74, 6) is 0. The van der Waals surface area contributed by atoms with Crippen molar-refractivity contribution < 1.29 is 4.92 Å². The van der Waals surface area contributed by atoms with Crippen LogP contribution in [0.5, 0.6) is 0 Å². The van der Waals surface area contributed by atoms with E-state index in [4.69, 9.17) is 11.6 Å². The van der Waals surface area contributed by atoms with Gasteiger partial charge in [-0.25, -0.2) is 0 Å². The van der Waals surface area contributed by atoms with Gasteiger partial charge < -0.3 is 0 Å². The highest BCUT2D eigenvalue weighted by Crippen LogP contribution is 2.24. The fourth-order valence-corrected chi connectivity index (χ4v) is 2.25. The molecule has 0 bridgehead atoms. The molecular formula is C13H16ClN3O2. The Labute approximate surface area is 117 Å². The van der Waals surface area contributed by atoms with E-state index in [1.165, 1.54) is 25.0 Å². The number of rotatable bonds is 3. The van der Waals surface area contributed by atoms with Gasteiger partial charge in [0.15, 0.2) is 0 Å². The van der Waals surface area contributed by atoms with Crippen molar-refractivity contribution in [2.24, 2.45) is 5.10 Å². The van der Waals surface area contributed by atoms with Crippen LogP contribution in [-0.2, 0) is 0 Å². The highest BCUT2D eigenvalue weighted by molar-refractivity contribution is 6.32. The fourth-order valence-electron chi connectivity index (χ4n) is 2.07. The Morgan fingerprint density at radius 3 is 2.58 bits per heavy atom. The molecule has 102 valence electrons. The van der Waals surface area contributed by atoms with E-state index in [0.717, 1.165) is 25.9 Å². The van der Waals surface area contributed by atoms with Gasteiger partial charge in [-0.2, -0.15) is 5.10 Å².